The Balaban J connectivity index is 0.00000196. The third-order valence-electron chi connectivity index (χ3n) is 4.57. The Labute approximate surface area is 175 Å². The Morgan fingerprint density at radius 2 is 2.11 bits per heavy atom. The molecule has 2 heterocycles. The van der Waals surface area contributed by atoms with Crippen LogP contribution in [0.5, 0.6) is 0 Å². The molecule has 3 rings (SSSR count). The predicted molar refractivity (Wildman–Crippen MR) is 108 cm³/mol. The van der Waals surface area contributed by atoms with E-state index in [0.717, 1.165) is 12.0 Å². The second-order valence-corrected chi connectivity index (χ2v) is 6.55. The van der Waals surface area contributed by atoms with E-state index in [1.54, 1.807) is 23.3 Å². The third-order valence-corrected chi connectivity index (χ3v) is 4.57. The molecule has 1 fully saturated rings. The molecule has 0 aromatic carbocycles. The van der Waals surface area contributed by atoms with Crippen LogP contribution in [-0.2, 0) is 6.54 Å². The lowest BCUT2D eigenvalue weighted by atomic mass is 10.1. The van der Waals surface area contributed by atoms with Crippen molar-refractivity contribution in [2.45, 2.75) is 44.6 Å². The van der Waals surface area contributed by atoms with Crippen molar-refractivity contribution < 1.29 is 15.0 Å². The highest BCUT2D eigenvalue weighted by Gasteiger charge is 2.42. The number of aliphatic hydroxyl groups excluding tert-OH is 2. The fourth-order valence-corrected chi connectivity index (χ4v) is 3.18. The van der Waals surface area contributed by atoms with Gasteiger partial charge in [0.1, 0.15) is 11.8 Å². The molecule has 1 aliphatic rings. The molecule has 0 unspecified atom stereocenters. The molecular formula is C17H26Cl2N6O3. The number of pyridine rings is 1. The van der Waals surface area contributed by atoms with Crippen molar-refractivity contribution in [3.05, 3.63) is 30.7 Å². The summed E-state index contributed by atoms with van der Waals surface area (Å²) in [6, 6.07) is 2.90. The van der Waals surface area contributed by atoms with Crippen LogP contribution in [-0.4, -0.2) is 61.0 Å². The van der Waals surface area contributed by atoms with Crippen molar-refractivity contribution in [3.63, 3.8) is 0 Å². The molecule has 156 valence electrons. The zero-order valence-corrected chi connectivity index (χ0v) is 17.1. The van der Waals surface area contributed by atoms with Crippen molar-refractivity contribution in [1.29, 1.82) is 0 Å². The van der Waals surface area contributed by atoms with Gasteiger partial charge in [-0.15, -0.1) is 29.9 Å². The summed E-state index contributed by atoms with van der Waals surface area (Å²) in [5, 5.41) is 34.2. The number of carbonyl (C=O) groups is 1. The van der Waals surface area contributed by atoms with E-state index in [1.165, 1.54) is 0 Å². The second kappa shape index (κ2) is 11.2. The van der Waals surface area contributed by atoms with Gasteiger partial charge in [0.05, 0.1) is 18.3 Å². The first-order valence-corrected chi connectivity index (χ1v) is 8.79. The highest BCUT2D eigenvalue weighted by atomic mass is 35.5. The average molecular weight is 433 g/mol. The number of amides is 2. The van der Waals surface area contributed by atoms with Crippen LogP contribution < -0.4 is 10.6 Å². The first kappa shape index (κ1) is 24.1. The Kier molecular flexibility index (Phi) is 9.60. The molecule has 2 aromatic rings. The standard InChI is InChI=1S/C17H24N6O3.2ClH/c1-2-5-19-17(26)20-13-7-12(15(24)16(13)25)9-23-10-14(21-22-23)11-4-3-6-18-8-11;;/h3-4,6,8,10,12-13,15-16,24-25H,2,5,7,9H2,1H3,(H2,19,20,26);2*1H/t12-,13-,15-,16+;;/m1../s1. The molecule has 0 saturated heterocycles. The number of nitrogens with zero attached hydrogens (tertiary/aromatic N) is 4. The summed E-state index contributed by atoms with van der Waals surface area (Å²) in [5.74, 6) is -0.232. The Bertz CT molecular complexity index is 733. The molecule has 28 heavy (non-hydrogen) atoms. The lowest BCUT2D eigenvalue weighted by molar-refractivity contribution is 0.00860. The van der Waals surface area contributed by atoms with Crippen molar-refractivity contribution >= 4 is 30.8 Å². The van der Waals surface area contributed by atoms with E-state index >= 15 is 0 Å². The molecule has 1 saturated carbocycles. The van der Waals surface area contributed by atoms with Crippen LogP contribution >= 0.6 is 24.8 Å². The van der Waals surface area contributed by atoms with E-state index in [0.29, 0.717) is 25.2 Å². The van der Waals surface area contributed by atoms with Gasteiger partial charge >= 0.3 is 6.03 Å². The Hall–Kier alpha value is -1.94. The van der Waals surface area contributed by atoms with Crippen molar-refractivity contribution in [2.75, 3.05) is 6.54 Å². The summed E-state index contributed by atoms with van der Waals surface area (Å²) in [6.07, 6.45) is 4.53. The summed E-state index contributed by atoms with van der Waals surface area (Å²) < 4.78 is 1.64. The van der Waals surface area contributed by atoms with Crippen LogP contribution in [0.3, 0.4) is 0 Å². The maximum atomic E-state index is 11.8. The van der Waals surface area contributed by atoms with Crippen LogP contribution in [0.4, 0.5) is 4.79 Å². The number of rotatable bonds is 6. The van der Waals surface area contributed by atoms with Crippen molar-refractivity contribution in [3.8, 4) is 11.3 Å². The lowest BCUT2D eigenvalue weighted by Gasteiger charge is -2.18. The Morgan fingerprint density at radius 1 is 1.32 bits per heavy atom. The van der Waals surface area contributed by atoms with Crippen molar-refractivity contribution in [2.24, 2.45) is 5.92 Å². The van der Waals surface area contributed by atoms with Gasteiger partial charge in [0, 0.05) is 37.0 Å². The third kappa shape index (κ3) is 5.78. The zero-order chi connectivity index (χ0) is 18.5. The van der Waals surface area contributed by atoms with Gasteiger partial charge in [0.25, 0.3) is 0 Å². The Morgan fingerprint density at radius 3 is 2.79 bits per heavy atom. The summed E-state index contributed by atoms with van der Waals surface area (Å²) in [5.41, 5.74) is 1.55. The maximum absolute atomic E-state index is 11.8. The van der Waals surface area contributed by atoms with E-state index in [9.17, 15) is 15.0 Å². The molecule has 2 aromatic heterocycles. The number of aliphatic hydroxyl groups is 2. The smallest absolute Gasteiger partial charge is 0.315 e. The number of hydrogen-bond acceptors (Lipinski definition) is 6. The van der Waals surface area contributed by atoms with Crippen LogP contribution in [0.2, 0.25) is 0 Å². The van der Waals surface area contributed by atoms with E-state index < -0.39 is 18.2 Å². The first-order chi connectivity index (χ1) is 12.6. The van der Waals surface area contributed by atoms with Gasteiger partial charge in [-0.3, -0.25) is 9.67 Å². The molecule has 2 amide bonds. The highest BCUT2D eigenvalue weighted by molar-refractivity contribution is 5.85. The van der Waals surface area contributed by atoms with E-state index in [1.807, 2.05) is 19.1 Å². The minimum absolute atomic E-state index is 0. The fraction of sp³-hybridized carbons (Fsp3) is 0.529. The van der Waals surface area contributed by atoms with Crippen LogP contribution in [0.15, 0.2) is 30.7 Å². The summed E-state index contributed by atoms with van der Waals surface area (Å²) in [4.78, 5) is 15.8. The maximum Gasteiger partial charge on any atom is 0.315 e. The summed E-state index contributed by atoms with van der Waals surface area (Å²) in [6.45, 7) is 2.93. The number of carbonyl (C=O) groups excluding carboxylic acids is 1. The summed E-state index contributed by atoms with van der Waals surface area (Å²) in [7, 11) is 0. The minimum atomic E-state index is -1.01. The fourth-order valence-electron chi connectivity index (χ4n) is 3.18. The average Bonchev–Trinajstić information content (AvgIpc) is 3.22. The minimum Gasteiger partial charge on any atom is -0.390 e. The van der Waals surface area contributed by atoms with Gasteiger partial charge in [0.2, 0.25) is 0 Å². The van der Waals surface area contributed by atoms with E-state index in [2.05, 4.69) is 25.9 Å². The molecule has 11 heteroatoms. The normalized spacial score (nSPS) is 23.4. The van der Waals surface area contributed by atoms with E-state index in [-0.39, 0.29) is 36.8 Å². The molecule has 0 spiro atoms. The summed E-state index contributed by atoms with van der Waals surface area (Å²) >= 11 is 0. The molecule has 4 N–H and O–H groups in total. The molecule has 0 radical (unpaired) electrons. The largest absolute Gasteiger partial charge is 0.390 e. The van der Waals surface area contributed by atoms with Crippen LogP contribution in [0.25, 0.3) is 11.3 Å². The molecule has 1 aliphatic carbocycles. The van der Waals surface area contributed by atoms with Gasteiger partial charge in [0.15, 0.2) is 0 Å². The molecule has 0 bridgehead atoms. The highest BCUT2D eigenvalue weighted by Crippen LogP contribution is 2.28. The monoisotopic (exact) mass is 432 g/mol. The number of halogens is 2. The number of nitrogens with one attached hydrogen (secondary N) is 2. The molecule has 4 atom stereocenters. The molecular weight excluding hydrogens is 407 g/mol. The lowest BCUT2D eigenvalue weighted by Crippen LogP contribution is -2.47. The van der Waals surface area contributed by atoms with Crippen LogP contribution in [0, 0.1) is 5.92 Å². The van der Waals surface area contributed by atoms with Gasteiger partial charge in [-0.1, -0.05) is 12.1 Å². The molecule has 0 aliphatic heterocycles. The first-order valence-electron chi connectivity index (χ1n) is 8.79. The zero-order valence-electron chi connectivity index (χ0n) is 15.4. The number of hydrogen-bond donors (Lipinski definition) is 4. The van der Waals surface area contributed by atoms with Gasteiger partial charge in [-0.25, -0.2) is 4.79 Å². The van der Waals surface area contributed by atoms with Gasteiger partial charge in [-0.2, -0.15) is 0 Å². The van der Waals surface area contributed by atoms with E-state index in [4.69, 9.17) is 0 Å². The predicted octanol–water partition coefficient (Wildman–Crippen LogP) is 1.00. The van der Waals surface area contributed by atoms with Gasteiger partial charge < -0.3 is 20.8 Å². The molecule has 9 nitrogen and oxygen atoms in total. The number of urea groups is 1. The quantitative estimate of drug-likeness (QED) is 0.539. The van der Waals surface area contributed by atoms with Crippen LogP contribution in [0.1, 0.15) is 19.8 Å². The second-order valence-electron chi connectivity index (χ2n) is 6.55. The van der Waals surface area contributed by atoms with Crippen molar-refractivity contribution in [1.82, 2.24) is 30.6 Å². The van der Waals surface area contributed by atoms with Gasteiger partial charge in [-0.05, 0) is 25.0 Å². The SMILES string of the molecule is CCCNC(=O)N[C@@H]1C[C@H](Cn2cc(-c3cccnc3)nn2)[C@@H](O)[C@H]1O.Cl.Cl. The topological polar surface area (TPSA) is 125 Å². The number of aromatic nitrogens is 4.